The van der Waals surface area contributed by atoms with Gasteiger partial charge in [-0.05, 0) is 45.3 Å². The van der Waals surface area contributed by atoms with Crippen molar-refractivity contribution < 1.29 is 17.9 Å². The van der Waals surface area contributed by atoms with Gasteiger partial charge in [0, 0.05) is 18.8 Å². The Hall–Kier alpha value is -1.64. The number of nitrogens with zero attached hydrogens (tertiary/aromatic N) is 2. The summed E-state index contributed by atoms with van der Waals surface area (Å²) in [5.74, 6) is 0.340. The van der Waals surface area contributed by atoms with Gasteiger partial charge in [-0.3, -0.25) is 4.79 Å². The van der Waals surface area contributed by atoms with Gasteiger partial charge in [-0.2, -0.15) is 4.31 Å². The van der Waals surface area contributed by atoms with Gasteiger partial charge in [0.05, 0.1) is 19.4 Å². The molecule has 0 bridgehead atoms. The van der Waals surface area contributed by atoms with Crippen molar-refractivity contribution in [2.75, 3.05) is 51.9 Å². The molecule has 0 radical (unpaired) electrons. The van der Waals surface area contributed by atoms with E-state index in [4.69, 9.17) is 4.74 Å². The van der Waals surface area contributed by atoms with E-state index in [9.17, 15) is 13.2 Å². The highest BCUT2D eigenvalue weighted by molar-refractivity contribution is 7.88. The van der Waals surface area contributed by atoms with Crippen LogP contribution in [0.5, 0.6) is 5.75 Å². The van der Waals surface area contributed by atoms with E-state index in [0.29, 0.717) is 24.6 Å². The van der Waals surface area contributed by atoms with Gasteiger partial charge in [0.2, 0.25) is 15.9 Å². The zero-order valence-corrected chi connectivity index (χ0v) is 14.9. The molecule has 0 fully saturated rings. The standard InChI is InChI=1S/C15H25N3O4S/c1-5-22-14-8-6-13(7-9-14)16-15(19)12-18(23(4,20)21)11-10-17(2)3/h6-9H,5,10-12H2,1-4H3,(H,16,19). The summed E-state index contributed by atoms with van der Waals surface area (Å²) in [5, 5.41) is 2.69. The molecular weight excluding hydrogens is 318 g/mol. The van der Waals surface area contributed by atoms with Crippen LogP contribution in [0.4, 0.5) is 5.69 Å². The Morgan fingerprint density at radius 3 is 2.26 bits per heavy atom. The number of amides is 1. The second-order valence-corrected chi connectivity index (χ2v) is 7.39. The third-order valence-electron chi connectivity index (χ3n) is 3.03. The highest BCUT2D eigenvalue weighted by atomic mass is 32.2. The van der Waals surface area contributed by atoms with Gasteiger partial charge >= 0.3 is 0 Å². The quantitative estimate of drug-likeness (QED) is 0.719. The highest BCUT2D eigenvalue weighted by Gasteiger charge is 2.20. The van der Waals surface area contributed by atoms with Gasteiger partial charge in [-0.15, -0.1) is 0 Å². The van der Waals surface area contributed by atoms with Gasteiger partial charge < -0.3 is 15.0 Å². The molecule has 1 amide bonds. The fourth-order valence-electron chi connectivity index (χ4n) is 1.84. The molecule has 130 valence electrons. The number of ether oxygens (including phenoxy) is 1. The van der Waals surface area contributed by atoms with Crippen molar-refractivity contribution in [1.82, 2.24) is 9.21 Å². The minimum absolute atomic E-state index is 0.208. The van der Waals surface area contributed by atoms with Crippen LogP contribution in [0, 0.1) is 0 Å². The fourth-order valence-corrected chi connectivity index (χ4v) is 2.60. The van der Waals surface area contributed by atoms with Crippen molar-refractivity contribution in [3.63, 3.8) is 0 Å². The molecule has 0 unspecified atom stereocenters. The van der Waals surface area contributed by atoms with E-state index in [1.165, 1.54) is 0 Å². The van der Waals surface area contributed by atoms with Crippen LogP contribution in [-0.2, 0) is 14.8 Å². The summed E-state index contributed by atoms with van der Waals surface area (Å²) in [6, 6.07) is 6.93. The molecule has 0 spiro atoms. The average Bonchev–Trinajstić information content (AvgIpc) is 2.44. The number of carbonyl (C=O) groups excluding carboxylic acids is 1. The Morgan fingerprint density at radius 2 is 1.78 bits per heavy atom. The number of nitrogens with one attached hydrogen (secondary N) is 1. The summed E-state index contributed by atoms with van der Waals surface area (Å²) < 4.78 is 30.0. The molecule has 1 aromatic carbocycles. The minimum atomic E-state index is -3.44. The van der Waals surface area contributed by atoms with E-state index in [1.54, 1.807) is 24.3 Å². The Kier molecular flexibility index (Phi) is 7.47. The third-order valence-corrected chi connectivity index (χ3v) is 4.28. The number of hydrogen-bond acceptors (Lipinski definition) is 5. The van der Waals surface area contributed by atoms with Gasteiger partial charge in [-0.1, -0.05) is 0 Å². The first-order valence-corrected chi connectivity index (χ1v) is 9.19. The number of sulfonamides is 1. The molecule has 0 saturated carbocycles. The Labute approximate surface area is 138 Å². The van der Waals surface area contributed by atoms with Crippen LogP contribution in [-0.4, -0.2) is 70.1 Å². The SMILES string of the molecule is CCOc1ccc(NC(=O)CN(CCN(C)C)S(C)(=O)=O)cc1. The van der Waals surface area contributed by atoms with E-state index in [2.05, 4.69) is 5.32 Å². The van der Waals surface area contributed by atoms with E-state index in [-0.39, 0.29) is 19.0 Å². The Morgan fingerprint density at radius 1 is 1.17 bits per heavy atom. The summed E-state index contributed by atoms with van der Waals surface area (Å²) in [6.07, 6.45) is 1.10. The molecule has 0 aliphatic heterocycles. The third kappa shape index (κ3) is 7.45. The van der Waals surface area contributed by atoms with E-state index in [1.807, 2.05) is 25.9 Å². The van der Waals surface area contributed by atoms with Crippen molar-refractivity contribution >= 4 is 21.6 Å². The largest absolute Gasteiger partial charge is 0.494 e. The van der Waals surface area contributed by atoms with Gasteiger partial charge in [-0.25, -0.2) is 8.42 Å². The number of anilines is 1. The van der Waals surface area contributed by atoms with Crippen LogP contribution in [0.15, 0.2) is 24.3 Å². The summed E-state index contributed by atoms with van der Waals surface area (Å²) >= 11 is 0. The van der Waals surface area contributed by atoms with Crippen molar-refractivity contribution in [2.24, 2.45) is 0 Å². The molecule has 1 rings (SSSR count). The normalized spacial score (nSPS) is 11.7. The number of carbonyl (C=O) groups is 1. The second-order valence-electron chi connectivity index (χ2n) is 5.41. The number of likely N-dealkylation sites (N-methyl/N-ethyl adjacent to an activating group) is 1. The van der Waals surface area contributed by atoms with Crippen LogP contribution >= 0.6 is 0 Å². The summed E-state index contributed by atoms with van der Waals surface area (Å²) in [6.45, 7) is 3.07. The monoisotopic (exact) mass is 343 g/mol. The van der Waals surface area contributed by atoms with E-state index in [0.717, 1.165) is 10.6 Å². The minimum Gasteiger partial charge on any atom is -0.494 e. The number of benzene rings is 1. The van der Waals surface area contributed by atoms with E-state index >= 15 is 0 Å². The molecule has 0 saturated heterocycles. The van der Waals surface area contributed by atoms with Crippen LogP contribution in [0.3, 0.4) is 0 Å². The molecular formula is C15H25N3O4S. The number of hydrogen-bond donors (Lipinski definition) is 1. The topological polar surface area (TPSA) is 79.0 Å². The zero-order valence-electron chi connectivity index (χ0n) is 14.1. The average molecular weight is 343 g/mol. The van der Waals surface area contributed by atoms with Gasteiger partial charge in [0.1, 0.15) is 5.75 Å². The fraction of sp³-hybridized carbons (Fsp3) is 0.533. The Balaban J connectivity index is 2.64. The summed E-state index contributed by atoms with van der Waals surface area (Å²) in [5.41, 5.74) is 0.597. The molecule has 0 aliphatic rings. The van der Waals surface area contributed by atoms with Crippen LogP contribution in [0.1, 0.15) is 6.92 Å². The molecule has 0 aliphatic carbocycles. The van der Waals surface area contributed by atoms with Gasteiger partial charge in [0.25, 0.3) is 0 Å². The summed E-state index contributed by atoms with van der Waals surface area (Å²) in [4.78, 5) is 13.9. The molecule has 0 aromatic heterocycles. The summed E-state index contributed by atoms with van der Waals surface area (Å²) in [7, 11) is 0.259. The first-order chi connectivity index (χ1) is 10.7. The van der Waals surface area contributed by atoms with E-state index < -0.39 is 10.0 Å². The smallest absolute Gasteiger partial charge is 0.239 e. The molecule has 8 heteroatoms. The van der Waals surface area contributed by atoms with Gasteiger partial charge in [0.15, 0.2) is 0 Å². The number of rotatable bonds is 9. The van der Waals surface area contributed by atoms with Crippen molar-refractivity contribution in [2.45, 2.75) is 6.92 Å². The van der Waals surface area contributed by atoms with Crippen LogP contribution in [0.25, 0.3) is 0 Å². The Bertz CT molecular complexity index is 600. The maximum absolute atomic E-state index is 12.1. The lowest BCUT2D eigenvalue weighted by Crippen LogP contribution is -2.41. The molecule has 7 nitrogen and oxygen atoms in total. The molecule has 0 heterocycles. The molecule has 0 atom stereocenters. The first kappa shape index (κ1) is 19.4. The molecule has 1 N–H and O–H groups in total. The van der Waals surface area contributed by atoms with Crippen LogP contribution < -0.4 is 10.1 Å². The maximum atomic E-state index is 12.1. The predicted molar refractivity (Wildman–Crippen MR) is 91.2 cm³/mol. The molecule has 23 heavy (non-hydrogen) atoms. The molecule has 1 aromatic rings. The second kappa shape index (κ2) is 8.85. The van der Waals surface area contributed by atoms with Crippen molar-refractivity contribution in [3.8, 4) is 5.75 Å². The lowest BCUT2D eigenvalue weighted by molar-refractivity contribution is -0.116. The van der Waals surface area contributed by atoms with Crippen molar-refractivity contribution in [3.05, 3.63) is 24.3 Å². The van der Waals surface area contributed by atoms with Crippen LogP contribution in [0.2, 0.25) is 0 Å². The van der Waals surface area contributed by atoms with Crippen molar-refractivity contribution in [1.29, 1.82) is 0 Å². The lowest BCUT2D eigenvalue weighted by atomic mass is 10.3. The predicted octanol–water partition coefficient (Wildman–Crippen LogP) is 0.847. The zero-order chi connectivity index (χ0) is 17.5. The maximum Gasteiger partial charge on any atom is 0.239 e. The highest BCUT2D eigenvalue weighted by Crippen LogP contribution is 2.15. The lowest BCUT2D eigenvalue weighted by Gasteiger charge is -2.21. The first-order valence-electron chi connectivity index (χ1n) is 7.35.